The number of methoxy groups -OCH3 is 1. The van der Waals surface area contributed by atoms with Gasteiger partial charge in [0.2, 0.25) is 5.82 Å². The van der Waals surface area contributed by atoms with Gasteiger partial charge in [-0.1, -0.05) is 0 Å². The molecule has 0 saturated heterocycles. The molecule has 0 spiro atoms. The number of fused-ring (bicyclic) bond motifs is 1. The molecule has 0 aliphatic heterocycles. The first-order valence-electron chi connectivity index (χ1n) is 4.68. The van der Waals surface area contributed by atoms with Crippen molar-refractivity contribution in [1.29, 1.82) is 0 Å². The van der Waals surface area contributed by atoms with Gasteiger partial charge in [-0.05, 0) is 12.1 Å². The molecular formula is C10H8N4O2. The third-order valence-corrected chi connectivity index (χ3v) is 2.16. The van der Waals surface area contributed by atoms with Gasteiger partial charge in [-0.15, -0.1) is 0 Å². The van der Waals surface area contributed by atoms with Crippen LogP contribution in [0.3, 0.4) is 0 Å². The van der Waals surface area contributed by atoms with E-state index in [0.717, 1.165) is 0 Å². The Balaban J connectivity index is 2.33. The number of nitrogens with zero attached hydrogens (tertiary/aromatic N) is 4. The molecule has 0 saturated carbocycles. The molecule has 0 bridgehead atoms. The topological polar surface area (TPSA) is 65.5 Å². The Bertz CT molecular complexity index is 615. The lowest BCUT2D eigenvalue weighted by atomic mass is 10.4. The minimum absolute atomic E-state index is 0.291. The fraction of sp³-hybridized carbons (Fsp3) is 0.100. The van der Waals surface area contributed by atoms with Crippen molar-refractivity contribution in [3.63, 3.8) is 0 Å². The molecule has 0 amide bonds. The highest BCUT2D eigenvalue weighted by atomic mass is 16.5. The molecule has 3 rings (SSSR count). The van der Waals surface area contributed by atoms with Gasteiger partial charge in [0, 0.05) is 6.07 Å². The van der Waals surface area contributed by atoms with E-state index in [0.29, 0.717) is 23.2 Å². The van der Waals surface area contributed by atoms with Crippen molar-refractivity contribution in [2.45, 2.75) is 0 Å². The van der Waals surface area contributed by atoms with Gasteiger partial charge in [-0.2, -0.15) is 19.6 Å². The average Bonchev–Trinajstić information content (AvgIpc) is 2.98. The molecule has 0 aliphatic carbocycles. The predicted molar refractivity (Wildman–Crippen MR) is 55.0 cm³/mol. The van der Waals surface area contributed by atoms with Crippen LogP contribution in [-0.4, -0.2) is 26.7 Å². The summed E-state index contributed by atoms with van der Waals surface area (Å²) in [5, 5.41) is 4.13. The van der Waals surface area contributed by atoms with Crippen LogP contribution in [0.2, 0.25) is 0 Å². The van der Waals surface area contributed by atoms with Crippen LogP contribution in [0.5, 0.6) is 6.01 Å². The molecule has 0 radical (unpaired) electrons. The van der Waals surface area contributed by atoms with Crippen LogP contribution in [0.15, 0.2) is 35.1 Å². The van der Waals surface area contributed by atoms with Crippen molar-refractivity contribution in [3.8, 4) is 17.6 Å². The van der Waals surface area contributed by atoms with E-state index in [4.69, 9.17) is 9.15 Å². The number of ether oxygens (including phenoxy) is 1. The summed E-state index contributed by atoms with van der Waals surface area (Å²) in [7, 11) is 1.52. The van der Waals surface area contributed by atoms with Gasteiger partial charge in [0.25, 0.3) is 0 Å². The van der Waals surface area contributed by atoms with Crippen LogP contribution >= 0.6 is 0 Å². The van der Waals surface area contributed by atoms with Crippen molar-refractivity contribution in [2.75, 3.05) is 7.11 Å². The van der Waals surface area contributed by atoms with Crippen LogP contribution in [0.1, 0.15) is 0 Å². The van der Waals surface area contributed by atoms with E-state index in [-0.39, 0.29) is 0 Å². The van der Waals surface area contributed by atoms with E-state index in [2.05, 4.69) is 15.1 Å². The molecule has 3 heterocycles. The second-order valence-corrected chi connectivity index (χ2v) is 3.11. The summed E-state index contributed by atoms with van der Waals surface area (Å²) in [5.74, 6) is 1.19. The van der Waals surface area contributed by atoms with Gasteiger partial charge in [0.15, 0.2) is 11.4 Å². The molecule has 3 aromatic rings. The summed E-state index contributed by atoms with van der Waals surface area (Å²) in [6.45, 7) is 0. The molecule has 80 valence electrons. The van der Waals surface area contributed by atoms with E-state index in [1.807, 2.05) is 6.07 Å². The molecule has 0 N–H and O–H groups in total. The Labute approximate surface area is 90.5 Å². The van der Waals surface area contributed by atoms with E-state index >= 15 is 0 Å². The lowest BCUT2D eigenvalue weighted by molar-refractivity contribution is 0.379. The maximum Gasteiger partial charge on any atom is 0.320 e. The van der Waals surface area contributed by atoms with Crippen LogP contribution in [-0.2, 0) is 0 Å². The second-order valence-electron chi connectivity index (χ2n) is 3.11. The normalized spacial score (nSPS) is 10.8. The van der Waals surface area contributed by atoms with Crippen molar-refractivity contribution >= 4 is 5.65 Å². The smallest absolute Gasteiger partial charge is 0.320 e. The third kappa shape index (κ3) is 1.23. The summed E-state index contributed by atoms with van der Waals surface area (Å²) < 4.78 is 11.9. The first kappa shape index (κ1) is 8.90. The minimum Gasteiger partial charge on any atom is -0.467 e. The van der Waals surface area contributed by atoms with Crippen molar-refractivity contribution in [1.82, 2.24) is 19.6 Å². The Hall–Kier alpha value is -2.37. The highest BCUT2D eigenvalue weighted by Gasteiger charge is 2.12. The number of hydrogen-bond acceptors (Lipinski definition) is 5. The summed E-state index contributed by atoms with van der Waals surface area (Å²) in [6.07, 6.45) is 3.23. The molecular weight excluding hydrogens is 208 g/mol. The maximum atomic E-state index is 5.29. The average molecular weight is 216 g/mol. The van der Waals surface area contributed by atoms with E-state index in [9.17, 15) is 0 Å². The summed E-state index contributed by atoms with van der Waals surface area (Å²) in [5.41, 5.74) is 0.665. The third-order valence-electron chi connectivity index (χ3n) is 2.16. The van der Waals surface area contributed by atoms with E-state index in [1.54, 1.807) is 29.1 Å². The molecule has 0 fully saturated rings. The van der Waals surface area contributed by atoms with Crippen molar-refractivity contribution in [3.05, 3.63) is 30.7 Å². The monoisotopic (exact) mass is 216 g/mol. The molecule has 6 nitrogen and oxygen atoms in total. The summed E-state index contributed by atoms with van der Waals surface area (Å²) in [4.78, 5) is 8.36. The quantitative estimate of drug-likeness (QED) is 0.647. The maximum absolute atomic E-state index is 5.29. The highest BCUT2D eigenvalue weighted by molar-refractivity contribution is 5.53. The molecule has 3 aromatic heterocycles. The zero-order chi connectivity index (χ0) is 11.0. The lowest BCUT2D eigenvalue weighted by Crippen LogP contribution is -2.02. The van der Waals surface area contributed by atoms with Gasteiger partial charge in [-0.25, -0.2) is 0 Å². The summed E-state index contributed by atoms with van der Waals surface area (Å²) >= 11 is 0. The first-order chi connectivity index (χ1) is 7.88. The van der Waals surface area contributed by atoms with Crippen LogP contribution in [0.4, 0.5) is 0 Å². The fourth-order valence-corrected chi connectivity index (χ4v) is 1.46. The van der Waals surface area contributed by atoms with Crippen molar-refractivity contribution < 1.29 is 9.15 Å². The number of aromatic nitrogens is 4. The molecule has 0 unspecified atom stereocenters. The molecule has 0 atom stereocenters. The molecule has 6 heteroatoms. The largest absolute Gasteiger partial charge is 0.467 e. The molecule has 0 aliphatic rings. The number of rotatable bonds is 2. The Morgan fingerprint density at radius 2 is 2.25 bits per heavy atom. The Kier molecular flexibility index (Phi) is 1.86. The van der Waals surface area contributed by atoms with Crippen LogP contribution in [0, 0.1) is 0 Å². The van der Waals surface area contributed by atoms with E-state index < -0.39 is 0 Å². The standard InChI is InChI=1S/C10H8N4O2/c1-15-10-12-8-4-5-11-14(8)9(13-10)7-3-2-6-16-7/h2-6H,1H3. The second kappa shape index (κ2) is 3.34. The SMILES string of the molecule is COc1nc(-c2ccco2)n2nccc2n1. The fourth-order valence-electron chi connectivity index (χ4n) is 1.46. The van der Waals surface area contributed by atoms with E-state index in [1.165, 1.54) is 7.11 Å². The number of furan rings is 1. The molecule has 0 aromatic carbocycles. The zero-order valence-electron chi connectivity index (χ0n) is 8.49. The van der Waals surface area contributed by atoms with Crippen molar-refractivity contribution in [2.24, 2.45) is 0 Å². The summed E-state index contributed by atoms with van der Waals surface area (Å²) in [6, 6.07) is 5.66. The van der Waals surface area contributed by atoms with Crippen LogP contribution in [0.25, 0.3) is 17.2 Å². The van der Waals surface area contributed by atoms with Gasteiger partial charge in [-0.3, -0.25) is 0 Å². The Morgan fingerprint density at radius 1 is 1.31 bits per heavy atom. The predicted octanol–water partition coefficient (Wildman–Crippen LogP) is 1.39. The Morgan fingerprint density at radius 3 is 3.00 bits per heavy atom. The van der Waals surface area contributed by atoms with Gasteiger partial charge in [0.05, 0.1) is 19.6 Å². The first-order valence-corrected chi connectivity index (χ1v) is 4.68. The van der Waals surface area contributed by atoms with Gasteiger partial charge < -0.3 is 9.15 Å². The lowest BCUT2D eigenvalue weighted by Gasteiger charge is -2.02. The number of hydrogen-bond donors (Lipinski definition) is 0. The van der Waals surface area contributed by atoms with Crippen LogP contribution < -0.4 is 4.74 Å². The minimum atomic E-state index is 0.291. The highest BCUT2D eigenvalue weighted by Crippen LogP contribution is 2.19. The van der Waals surface area contributed by atoms with Gasteiger partial charge >= 0.3 is 6.01 Å². The zero-order valence-corrected chi connectivity index (χ0v) is 8.49. The van der Waals surface area contributed by atoms with Gasteiger partial charge in [0.1, 0.15) is 0 Å². The molecule has 16 heavy (non-hydrogen) atoms.